The Labute approximate surface area is 153 Å². The maximum Gasteiger partial charge on any atom is 0.241 e. The fourth-order valence-corrected chi connectivity index (χ4v) is 2.34. The highest BCUT2D eigenvalue weighted by atomic mass is 127. The van der Waals surface area contributed by atoms with Gasteiger partial charge in [0.05, 0.1) is 17.2 Å². The number of nitrogens with zero attached hydrogens (tertiary/aromatic N) is 3. The summed E-state index contributed by atoms with van der Waals surface area (Å²) < 4.78 is 0. The third-order valence-electron chi connectivity index (χ3n) is 2.71. The molecule has 1 aromatic rings. The van der Waals surface area contributed by atoms with Crippen molar-refractivity contribution in [2.45, 2.75) is 33.7 Å². The topological polar surface area (TPSA) is 69.6 Å². The van der Waals surface area contributed by atoms with Crippen LogP contribution in [0.5, 0.6) is 0 Å². The zero-order valence-corrected chi connectivity index (χ0v) is 16.8. The smallest absolute Gasteiger partial charge is 0.241 e. The largest absolute Gasteiger partial charge is 0.357 e. The highest BCUT2D eigenvalue weighted by Gasteiger charge is 2.09. The van der Waals surface area contributed by atoms with Crippen LogP contribution in [0.1, 0.15) is 31.0 Å². The summed E-state index contributed by atoms with van der Waals surface area (Å²) in [5.41, 5.74) is 1.01. The molecular weight excluding hydrogens is 413 g/mol. The van der Waals surface area contributed by atoms with Crippen LogP contribution in [0.3, 0.4) is 0 Å². The molecule has 0 bridgehead atoms. The molecule has 1 amide bonds. The van der Waals surface area contributed by atoms with Crippen LogP contribution >= 0.6 is 35.3 Å². The number of hydrogen-bond donors (Lipinski definition) is 2. The first-order valence-corrected chi connectivity index (χ1v) is 8.11. The van der Waals surface area contributed by atoms with E-state index in [-0.39, 0.29) is 36.4 Å². The molecule has 0 saturated heterocycles. The molecule has 2 N–H and O–H groups in total. The van der Waals surface area contributed by atoms with Gasteiger partial charge in [0.15, 0.2) is 5.96 Å². The minimum atomic E-state index is -0.0508. The van der Waals surface area contributed by atoms with Crippen LogP contribution in [-0.4, -0.2) is 48.4 Å². The number of carbonyl (C=O) groups is 1. The molecule has 8 heteroatoms. The molecule has 0 unspecified atom stereocenters. The summed E-state index contributed by atoms with van der Waals surface area (Å²) in [4.78, 5) is 22.4. The van der Waals surface area contributed by atoms with Crippen LogP contribution in [0, 0.1) is 6.92 Å². The Hall–Kier alpha value is -0.900. The summed E-state index contributed by atoms with van der Waals surface area (Å²) >= 11 is 1.64. The number of aromatic nitrogens is 1. The van der Waals surface area contributed by atoms with Gasteiger partial charge in [-0.05, 0) is 20.3 Å². The fourth-order valence-electron chi connectivity index (χ4n) is 1.74. The molecule has 6 nitrogen and oxygen atoms in total. The van der Waals surface area contributed by atoms with E-state index in [2.05, 4.69) is 20.6 Å². The van der Waals surface area contributed by atoms with Gasteiger partial charge in [-0.2, -0.15) is 0 Å². The van der Waals surface area contributed by atoms with Crippen molar-refractivity contribution in [1.82, 2.24) is 20.5 Å². The lowest BCUT2D eigenvalue weighted by Gasteiger charge is -2.21. The number of thiazole rings is 1. The van der Waals surface area contributed by atoms with Crippen LogP contribution < -0.4 is 10.6 Å². The van der Waals surface area contributed by atoms with Crippen molar-refractivity contribution in [3.05, 3.63) is 16.1 Å². The minimum absolute atomic E-state index is 0. The van der Waals surface area contributed by atoms with Crippen LogP contribution in [-0.2, 0) is 11.3 Å². The van der Waals surface area contributed by atoms with Gasteiger partial charge in [0, 0.05) is 25.5 Å². The van der Waals surface area contributed by atoms with Crippen LogP contribution in [0.2, 0.25) is 0 Å². The number of rotatable bonds is 7. The first kappa shape index (κ1) is 21.1. The first-order valence-electron chi connectivity index (χ1n) is 7.24. The molecule has 126 valence electrons. The monoisotopic (exact) mass is 439 g/mol. The Morgan fingerprint density at radius 3 is 2.68 bits per heavy atom. The summed E-state index contributed by atoms with van der Waals surface area (Å²) in [5, 5.41) is 9.11. The summed E-state index contributed by atoms with van der Waals surface area (Å²) in [5.74, 6) is 0.667. The standard InChI is InChI=1S/C14H25N5OS.HI/c1-5-7-16-13(20)8-17-14(15-6-2)19(4)9-12-10-21-11(3)18-12;/h10H,5-9H2,1-4H3,(H,15,17)(H,16,20);1H. The van der Waals surface area contributed by atoms with Crippen molar-refractivity contribution < 1.29 is 4.79 Å². The second kappa shape index (κ2) is 11.6. The quantitative estimate of drug-likeness (QED) is 0.388. The fraction of sp³-hybridized carbons (Fsp3) is 0.643. The van der Waals surface area contributed by atoms with Crippen molar-refractivity contribution in [3.8, 4) is 0 Å². The van der Waals surface area contributed by atoms with E-state index in [1.165, 1.54) is 0 Å². The minimum Gasteiger partial charge on any atom is -0.357 e. The normalized spacial score (nSPS) is 10.8. The molecule has 1 rings (SSSR count). The molecule has 0 aliphatic rings. The van der Waals surface area contributed by atoms with E-state index >= 15 is 0 Å². The number of carbonyl (C=O) groups excluding carboxylic acids is 1. The summed E-state index contributed by atoms with van der Waals surface area (Å²) in [7, 11) is 1.94. The number of nitrogens with one attached hydrogen (secondary N) is 2. The second-order valence-corrected chi connectivity index (χ2v) is 5.80. The van der Waals surface area contributed by atoms with Gasteiger partial charge in [0.2, 0.25) is 5.91 Å². The lowest BCUT2D eigenvalue weighted by atomic mass is 10.4. The van der Waals surface area contributed by atoms with Gasteiger partial charge in [0.1, 0.15) is 6.54 Å². The van der Waals surface area contributed by atoms with Gasteiger partial charge in [0.25, 0.3) is 0 Å². The van der Waals surface area contributed by atoms with E-state index in [4.69, 9.17) is 0 Å². The molecule has 0 aliphatic heterocycles. The van der Waals surface area contributed by atoms with Crippen LogP contribution in [0.25, 0.3) is 0 Å². The third-order valence-corrected chi connectivity index (χ3v) is 3.53. The van der Waals surface area contributed by atoms with Crippen molar-refractivity contribution in [2.24, 2.45) is 4.99 Å². The predicted molar refractivity (Wildman–Crippen MR) is 103 cm³/mol. The first-order chi connectivity index (χ1) is 10.1. The number of halogens is 1. The Kier molecular flexibility index (Phi) is 11.2. The third kappa shape index (κ3) is 7.92. The van der Waals surface area contributed by atoms with Gasteiger partial charge in [-0.1, -0.05) is 6.92 Å². The van der Waals surface area contributed by atoms with E-state index < -0.39 is 0 Å². The summed E-state index contributed by atoms with van der Waals surface area (Å²) in [6.45, 7) is 8.29. The average Bonchev–Trinajstić information content (AvgIpc) is 2.86. The Balaban J connectivity index is 0.00000441. The van der Waals surface area contributed by atoms with Crippen molar-refractivity contribution in [2.75, 3.05) is 26.7 Å². The summed E-state index contributed by atoms with van der Waals surface area (Å²) in [6.07, 6.45) is 0.929. The molecule has 22 heavy (non-hydrogen) atoms. The summed E-state index contributed by atoms with van der Waals surface area (Å²) in [6, 6.07) is 0. The number of aryl methyl sites for hydroxylation is 1. The van der Waals surface area contributed by atoms with Crippen molar-refractivity contribution in [3.63, 3.8) is 0 Å². The highest BCUT2D eigenvalue weighted by molar-refractivity contribution is 14.0. The molecule has 0 spiro atoms. The van der Waals surface area contributed by atoms with Gasteiger partial charge in [-0.25, -0.2) is 9.98 Å². The molecule has 0 radical (unpaired) electrons. The Morgan fingerprint density at radius 2 is 2.14 bits per heavy atom. The van der Waals surface area contributed by atoms with Gasteiger partial charge >= 0.3 is 0 Å². The lowest BCUT2D eigenvalue weighted by molar-refractivity contribution is -0.119. The molecule has 0 atom stereocenters. The lowest BCUT2D eigenvalue weighted by Crippen LogP contribution is -2.39. The molecule has 1 aromatic heterocycles. The van der Waals surface area contributed by atoms with E-state index in [1.54, 1.807) is 11.3 Å². The predicted octanol–water partition coefficient (Wildman–Crippen LogP) is 1.99. The van der Waals surface area contributed by atoms with Crippen molar-refractivity contribution in [1.29, 1.82) is 0 Å². The maximum absolute atomic E-state index is 11.6. The van der Waals surface area contributed by atoms with Crippen LogP contribution in [0.15, 0.2) is 10.4 Å². The highest BCUT2D eigenvalue weighted by Crippen LogP contribution is 2.09. The molecular formula is C14H26IN5OS. The SMILES string of the molecule is CCCNC(=O)CN=C(NCC)N(C)Cc1csc(C)n1.I. The van der Waals surface area contributed by atoms with E-state index in [1.807, 2.05) is 38.1 Å². The Morgan fingerprint density at radius 1 is 1.41 bits per heavy atom. The van der Waals surface area contributed by atoms with Gasteiger partial charge < -0.3 is 15.5 Å². The zero-order chi connectivity index (χ0) is 15.7. The van der Waals surface area contributed by atoms with E-state index in [9.17, 15) is 4.79 Å². The van der Waals surface area contributed by atoms with E-state index in [0.29, 0.717) is 13.1 Å². The number of hydrogen-bond acceptors (Lipinski definition) is 4. The molecule has 0 aliphatic carbocycles. The number of aliphatic imine (C=N–C) groups is 1. The molecule has 0 saturated carbocycles. The van der Waals surface area contributed by atoms with Crippen LogP contribution in [0.4, 0.5) is 0 Å². The van der Waals surface area contributed by atoms with Gasteiger partial charge in [-0.3, -0.25) is 4.79 Å². The zero-order valence-electron chi connectivity index (χ0n) is 13.7. The van der Waals surface area contributed by atoms with Gasteiger partial charge in [-0.15, -0.1) is 35.3 Å². The maximum atomic E-state index is 11.6. The molecule has 1 heterocycles. The second-order valence-electron chi connectivity index (χ2n) is 4.73. The van der Waals surface area contributed by atoms with Crippen molar-refractivity contribution >= 4 is 47.2 Å². The average molecular weight is 439 g/mol. The number of amides is 1. The molecule has 0 fully saturated rings. The molecule has 0 aromatic carbocycles. The van der Waals surface area contributed by atoms with E-state index in [0.717, 1.165) is 29.6 Å². The number of guanidine groups is 1. The Bertz CT molecular complexity index is 478.